The summed E-state index contributed by atoms with van der Waals surface area (Å²) in [5.41, 5.74) is 6.48. The lowest BCUT2D eigenvalue weighted by molar-refractivity contribution is -0.145. The molecule has 0 heterocycles. The Balaban J connectivity index is 2.19. The van der Waals surface area contributed by atoms with Gasteiger partial charge in [0.1, 0.15) is 17.5 Å². The molecule has 1 unspecified atom stereocenters. The second-order valence-corrected chi connectivity index (χ2v) is 10.4. The quantitative estimate of drug-likeness (QED) is 0.229. The molecule has 178 valence electrons. The molecule has 33 heavy (non-hydrogen) atoms. The number of carboxylic acid groups (broad SMARTS) is 1. The molecule has 2 rings (SSSR count). The highest BCUT2D eigenvalue weighted by Crippen LogP contribution is 2.39. The highest BCUT2D eigenvalue weighted by molar-refractivity contribution is 14.1. The topological polar surface area (TPSA) is 130 Å². The molecule has 1 atom stereocenters. The standard InChI is InChI=1S/C22H23Br2IN2O6/c1-11(2)14-10-13(3-5-18(14)28)33-21-15(23)7-12(8-16(21)24)9-20(30)27(25)17(22(31)32)4-6-19(26)29/h3,5,7-8,10-11,17,28H,4,6,9H2,1-2H3,(H2,26,29)(H,31,32). The Hall–Kier alpha value is -1.86. The summed E-state index contributed by atoms with van der Waals surface area (Å²) in [7, 11) is 0. The van der Waals surface area contributed by atoms with E-state index in [1.807, 2.05) is 13.8 Å². The van der Waals surface area contributed by atoms with Crippen molar-refractivity contribution in [3.63, 3.8) is 0 Å². The van der Waals surface area contributed by atoms with Gasteiger partial charge in [0.25, 0.3) is 0 Å². The molecule has 2 aromatic rings. The first kappa shape index (κ1) is 27.4. The van der Waals surface area contributed by atoms with Crippen LogP contribution in [0.5, 0.6) is 17.2 Å². The van der Waals surface area contributed by atoms with E-state index >= 15 is 0 Å². The molecular formula is C22H23Br2IN2O6. The first-order valence-electron chi connectivity index (χ1n) is 9.88. The second kappa shape index (κ2) is 12.0. The van der Waals surface area contributed by atoms with Gasteiger partial charge in [-0.3, -0.25) is 12.7 Å². The normalized spacial score (nSPS) is 11.8. The van der Waals surface area contributed by atoms with E-state index in [0.717, 1.165) is 8.68 Å². The van der Waals surface area contributed by atoms with Crippen molar-refractivity contribution < 1.29 is 29.3 Å². The van der Waals surface area contributed by atoms with Crippen molar-refractivity contribution in [2.45, 2.75) is 45.1 Å². The van der Waals surface area contributed by atoms with Gasteiger partial charge in [-0.05, 0) is 80.1 Å². The summed E-state index contributed by atoms with van der Waals surface area (Å²) in [5, 5.41) is 19.4. The number of ether oxygens (including phenoxy) is 1. The van der Waals surface area contributed by atoms with Gasteiger partial charge >= 0.3 is 5.97 Å². The fourth-order valence-corrected chi connectivity index (χ4v) is 5.16. The van der Waals surface area contributed by atoms with Gasteiger partial charge in [-0.1, -0.05) is 13.8 Å². The van der Waals surface area contributed by atoms with Crippen molar-refractivity contribution >= 4 is 72.5 Å². The number of nitrogens with two attached hydrogens (primary N) is 1. The van der Waals surface area contributed by atoms with Gasteiger partial charge in [0.15, 0.2) is 5.75 Å². The minimum atomic E-state index is -1.21. The number of benzene rings is 2. The predicted octanol–water partition coefficient (Wildman–Crippen LogP) is 5.27. The molecule has 0 fully saturated rings. The molecule has 0 aliphatic rings. The van der Waals surface area contributed by atoms with Gasteiger partial charge in [0, 0.05) is 12.0 Å². The van der Waals surface area contributed by atoms with Gasteiger partial charge in [-0.2, -0.15) is 0 Å². The minimum absolute atomic E-state index is 0.0581. The van der Waals surface area contributed by atoms with Crippen LogP contribution < -0.4 is 10.5 Å². The molecule has 0 aromatic heterocycles. The number of carbonyl (C=O) groups is 3. The second-order valence-electron chi connectivity index (χ2n) is 7.61. The average molecular weight is 698 g/mol. The van der Waals surface area contributed by atoms with Crippen molar-refractivity contribution in [2.75, 3.05) is 0 Å². The molecular weight excluding hydrogens is 675 g/mol. The van der Waals surface area contributed by atoms with E-state index in [-0.39, 0.29) is 30.9 Å². The number of halogens is 3. The fraction of sp³-hybridized carbons (Fsp3) is 0.318. The largest absolute Gasteiger partial charge is 0.508 e. The van der Waals surface area contributed by atoms with Crippen LogP contribution in [0.4, 0.5) is 0 Å². The molecule has 2 amide bonds. The van der Waals surface area contributed by atoms with Crippen LogP contribution in [0.25, 0.3) is 0 Å². The lowest BCUT2D eigenvalue weighted by Crippen LogP contribution is -2.39. The number of nitrogens with zero attached hydrogens (tertiary/aromatic N) is 1. The highest BCUT2D eigenvalue weighted by atomic mass is 127. The Morgan fingerprint density at radius 2 is 1.76 bits per heavy atom. The van der Waals surface area contributed by atoms with Gasteiger partial charge in [0.2, 0.25) is 11.8 Å². The third-order valence-electron chi connectivity index (χ3n) is 4.72. The third kappa shape index (κ3) is 7.57. The number of carboxylic acids is 1. The molecule has 11 heteroatoms. The first-order chi connectivity index (χ1) is 15.4. The van der Waals surface area contributed by atoms with Gasteiger partial charge in [0.05, 0.1) is 38.2 Å². The smallest absolute Gasteiger partial charge is 0.327 e. The molecule has 0 saturated carbocycles. The number of amides is 2. The molecule has 2 aromatic carbocycles. The number of primary amides is 1. The van der Waals surface area contributed by atoms with Crippen LogP contribution in [-0.2, 0) is 20.8 Å². The zero-order valence-electron chi connectivity index (χ0n) is 17.8. The van der Waals surface area contributed by atoms with Crippen LogP contribution in [0.2, 0.25) is 0 Å². The van der Waals surface area contributed by atoms with Crippen LogP contribution in [0.3, 0.4) is 0 Å². The Labute approximate surface area is 222 Å². The number of aliphatic carboxylic acids is 1. The van der Waals surface area contributed by atoms with E-state index in [4.69, 9.17) is 10.5 Å². The van der Waals surface area contributed by atoms with E-state index in [1.165, 1.54) is 0 Å². The van der Waals surface area contributed by atoms with E-state index in [0.29, 0.717) is 26.0 Å². The van der Waals surface area contributed by atoms with Gasteiger partial charge < -0.3 is 20.7 Å². The van der Waals surface area contributed by atoms with E-state index in [9.17, 15) is 24.6 Å². The number of carbonyl (C=O) groups excluding carboxylic acids is 2. The molecule has 4 N–H and O–H groups in total. The first-order valence-corrected chi connectivity index (χ1v) is 12.4. The summed E-state index contributed by atoms with van der Waals surface area (Å²) in [6.45, 7) is 3.94. The van der Waals surface area contributed by atoms with Crippen molar-refractivity contribution in [3.05, 3.63) is 50.4 Å². The zero-order valence-corrected chi connectivity index (χ0v) is 23.2. The summed E-state index contributed by atoms with van der Waals surface area (Å²) in [6.07, 6.45) is -0.259. The number of hydrogen-bond donors (Lipinski definition) is 3. The summed E-state index contributed by atoms with van der Waals surface area (Å²) in [5.74, 6) is -0.927. The maximum Gasteiger partial charge on any atom is 0.327 e. The summed E-state index contributed by atoms with van der Waals surface area (Å²) in [4.78, 5) is 35.2. The lowest BCUT2D eigenvalue weighted by Gasteiger charge is -2.22. The summed E-state index contributed by atoms with van der Waals surface area (Å²) in [6, 6.07) is 7.26. The number of phenols is 1. The van der Waals surface area contributed by atoms with Gasteiger partial charge in [-0.25, -0.2) is 4.79 Å². The summed E-state index contributed by atoms with van der Waals surface area (Å²) < 4.78 is 8.25. The number of aromatic hydroxyl groups is 1. The Bertz CT molecular complexity index is 1040. The van der Waals surface area contributed by atoms with Crippen molar-refractivity contribution in [2.24, 2.45) is 5.73 Å². The van der Waals surface area contributed by atoms with Crippen LogP contribution in [-0.4, -0.2) is 37.2 Å². The van der Waals surface area contributed by atoms with Crippen LogP contribution in [0, 0.1) is 0 Å². The number of rotatable bonds is 10. The van der Waals surface area contributed by atoms with Crippen LogP contribution in [0.1, 0.15) is 43.7 Å². The number of hydrogen-bond acceptors (Lipinski definition) is 5. The van der Waals surface area contributed by atoms with Gasteiger partial charge in [-0.15, -0.1) is 0 Å². The van der Waals surface area contributed by atoms with Crippen LogP contribution in [0.15, 0.2) is 39.3 Å². The van der Waals surface area contributed by atoms with E-state index < -0.39 is 23.8 Å². The highest BCUT2D eigenvalue weighted by Gasteiger charge is 2.28. The molecule has 8 nitrogen and oxygen atoms in total. The van der Waals surface area contributed by atoms with Crippen molar-refractivity contribution in [1.29, 1.82) is 0 Å². The molecule has 0 aliphatic carbocycles. The summed E-state index contributed by atoms with van der Waals surface area (Å²) >= 11 is 8.57. The van der Waals surface area contributed by atoms with Crippen molar-refractivity contribution in [3.8, 4) is 17.2 Å². The molecule has 0 aliphatic heterocycles. The lowest BCUT2D eigenvalue weighted by atomic mass is 10.0. The molecule has 0 saturated heterocycles. The molecule has 0 bridgehead atoms. The average Bonchev–Trinajstić information content (AvgIpc) is 2.71. The predicted molar refractivity (Wildman–Crippen MR) is 139 cm³/mol. The fourth-order valence-electron chi connectivity index (χ4n) is 3.03. The maximum absolute atomic E-state index is 12.7. The monoisotopic (exact) mass is 696 g/mol. The zero-order chi connectivity index (χ0) is 24.9. The third-order valence-corrected chi connectivity index (χ3v) is 7.10. The maximum atomic E-state index is 12.7. The Morgan fingerprint density at radius 3 is 2.27 bits per heavy atom. The van der Waals surface area contributed by atoms with E-state index in [1.54, 1.807) is 53.2 Å². The molecule has 0 spiro atoms. The number of phenolic OH excluding ortho intramolecular Hbond substituents is 1. The molecule has 0 radical (unpaired) electrons. The SMILES string of the molecule is CC(C)c1cc(Oc2c(Br)cc(CC(=O)N(I)C(CCC(N)=O)C(=O)O)cc2Br)ccc1O. The Morgan fingerprint density at radius 1 is 1.15 bits per heavy atom. The minimum Gasteiger partial charge on any atom is -0.508 e. The van der Waals surface area contributed by atoms with Crippen molar-refractivity contribution in [1.82, 2.24) is 3.11 Å². The van der Waals surface area contributed by atoms with E-state index in [2.05, 4.69) is 31.9 Å². The Kier molecular flexibility index (Phi) is 9.98. The van der Waals surface area contributed by atoms with Crippen LogP contribution >= 0.6 is 54.7 Å².